The molecule has 3 aromatic rings. The van der Waals surface area contributed by atoms with Crippen LogP contribution >= 0.6 is 11.3 Å². The number of carboxylic acids is 1. The van der Waals surface area contributed by atoms with E-state index in [0.717, 1.165) is 33.0 Å². The molecule has 0 saturated heterocycles. The van der Waals surface area contributed by atoms with Crippen LogP contribution in [0.25, 0.3) is 5.00 Å². The third-order valence-electron chi connectivity index (χ3n) is 5.36. The zero-order valence-electron chi connectivity index (χ0n) is 18.0. The first-order valence-corrected chi connectivity index (χ1v) is 11.0. The van der Waals surface area contributed by atoms with Crippen molar-refractivity contribution >= 4 is 23.0 Å². The van der Waals surface area contributed by atoms with Crippen LogP contribution in [0.15, 0.2) is 29.3 Å². The van der Waals surface area contributed by atoms with Gasteiger partial charge in [0.05, 0.1) is 12.1 Å². The second kappa shape index (κ2) is 9.04. The zero-order chi connectivity index (χ0) is 22.8. The molecule has 0 fully saturated rings. The smallest absolute Gasteiger partial charge is 0.306 e. The molecule has 1 atom stereocenters. The number of benzene rings is 1. The highest BCUT2D eigenvalue weighted by Gasteiger charge is 2.32. The first kappa shape index (κ1) is 21.9. The van der Waals surface area contributed by atoms with Crippen molar-refractivity contribution in [1.82, 2.24) is 20.2 Å². The maximum Gasteiger partial charge on any atom is 0.306 e. The van der Waals surface area contributed by atoms with Crippen molar-refractivity contribution in [3.63, 3.8) is 0 Å². The van der Waals surface area contributed by atoms with Gasteiger partial charge in [-0.25, -0.2) is 5.48 Å². The molecule has 8 nitrogen and oxygen atoms in total. The van der Waals surface area contributed by atoms with E-state index in [-0.39, 0.29) is 6.42 Å². The fourth-order valence-corrected chi connectivity index (χ4v) is 4.90. The van der Waals surface area contributed by atoms with Gasteiger partial charge < -0.3 is 10.3 Å². The third kappa shape index (κ3) is 4.08. The van der Waals surface area contributed by atoms with Gasteiger partial charge in [0.25, 0.3) is 0 Å². The Hall–Kier alpha value is -3.32. The van der Waals surface area contributed by atoms with E-state index in [2.05, 4.69) is 41.4 Å². The summed E-state index contributed by atoms with van der Waals surface area (Å²) >= 11 is 1.64. The minimum Gasteiger partial charge on any atom is -0.481 e. The van der Waals surface area contributed by atoms with Crippen molar-refractivity contribution in [2.45, 2.75) is 39.7 Å². The number of rotatable bonds is 5. The van der Waals surface area contributed by atoms with Crippen molar-refractivity contribution < 1.29 is 15.1 Å². The molecular formula is C23H23N5O3S. The van der Waals surface area contributed by atoms with Crippen molar-refractivity contribution in [2.75, 3.05) is 6.54 Å². The van der Waals surface area contributed by atoms with Crippen LogP contribution in [-0.2, 0) is 4.79 Å². The van der Waals surface area contributed by atoms with Gasteiger partial charge in [-0.2, -0.15) is 0 Å². The predicted octanol–water partition coefficient (Wildman–Crippen LogP) is 3.34. The van der Waals surface area contributed by atoms with Crippen LogP contribution in [0, 0.1) is 32.6 Å². The van der Waals surface area contributed by atoms with E-state index >= 15 is 0 Å². The molecule has 1 aromatic carbocycles. The van der Waals surface area contributed by atoms with Crippen LogP contribution in [0.2, 0.25) is 0 Å². The van der Waals surface area contributed by atoms with Gasteiger partial charge in [0.2, 0.25) is 0 Å². The molecule has 1 aliphatic rings. The number of nitrogens with zero attached hydrogens (tertiary/aromatic N) is 4. The van der Waals surface area contributed by atoms with Crippen LogP contribution in [0.3, 0.4) is 0 Å². The summed E-state index contributed by atoms with van der Waals surface area (Å²) in [5, 5.41) is 27.6. The molecule has 2 aromatic heterocycles. The third-order valence-corrected chi connectivity index (χ3v) is 6.55. The molecule has 0 saturated carbocycles. The molecule has 164 valence electrons. The topological polar surface area (TPSA) is 113 Å². The van der Waals surface area contributed by atoms with Gasteiger partial charge in [0, 0.05) is 34.5 Å². The summed E-state index contributed by atoms with van der Waals surface area (Å²) < 4.78 is 1.94. The van der Waals surface area contributed by atoms with Gasteiger partial charge in [-0.05, 0) is 38.5 Å². The summed E-state index contributed by atoms with van der Waals surface area (Å²) in [5.74, 6) is 6.38. The van der Waals surface area contributed by atoms with E-state index in [4.69, 9.17) is 10.2 Å². The van der Waals surface area contributed by atoms with E-state index in [1.54, 1.807) is 11.3 Å². The molecular weight excluding hydrogens is 426 g/mol. The summed E-state index contributed by atoms with van der Waals surface area (Å²) in [6.07, 6.45) is 0.370. The molecule has 0 spiro atoms. The number of hydrogen-bond donors (Lipinski definition) is 3. The fourth-order valence-electron chi connectivity index (χ4n) is 3.68. The first-order chi connectivity index (χ1) is 15.4. The molecule has 4 rings (SSSR count). The van der Waals surface area contributed by atoms with Crippen LogP contribution < -0.4 is 5.48 Å². The number of aryl methyl sites for hydroxylation is 2. The molecule has 0 aliphatic carbocycles. The number of carbonyl (C=O) groups is 1. The lowest BCUT2D eigenvalue weighted by atomic mass is 9.98. The van der Waals surface area contributed by atoms with Gasteiger partial charge in [0.1, 0.15) is 16.9 Å². The molecule has 1 aliphatic heterocycles. The van der Waals surface area contributed by atoms with Crippen LogP contribution in [0.4, 0.5) is 0 Å². The van der Waals surface area contributed by atoms with E-state index in [0.29, 0.717) is 24.6 Å². The van der Waals surface area contributed by atoms with E-state index in [1.807, 2.05) is 35.8 Å². The molecule has 3 heterocycles. The largest absolute Gasteiger partial charge is 0.481 e. The zero-order valence-corrected chi connectivity index (χ0v) is 18.8. The Labute approximate surface area is 189 Å². The maximum atomic E-state index is 11.6. The van der Waals surface area contributed by atoms with Crippen molar-refractivity contribution in [3.05, 3.63) is 63.0 Å². The Bertz CT molecular complexity index is 1260. The highest BCUT2D eigenvalue weighted by atomic mass is 32.1. The summed E-state index contributed by atoms with van der Waals surface area (Å²) in [7, 11) is 0. The van der Waals surface area contributed by atoms with E-state index in [1.165, 1.54) is 4.88 Å². The standard InChI is InChI=1S/C23H23N5O3S/c1-13-14(2)32-23-20(13)21(17-9-7-16(8-10-17)6-4-5-11-24-31)25-18(12-19(29)30)22-27-26-15(3)28(22)23/h7-10,18,24,31H,5,11-12H2,1-3H3,(H,29,30)/t18-/m0/s1. The minimum absolute atomic E-state index is 0.170. The number of hydroxylamine groups is 1. The number of fused-ring (bicyclic) bond motifs is 3. The van der Waals surface area contributed by atoms with Crippen LogP contribution in [-0.4, -0.2) is 43.3 Å². The van der Waals surface area contributed by atoms with Gasteiger partial charge in [-0.15, -0.1) is 21.5 Å². The first-order valence-electron chi connectivity index (χ1n) is 10.2. The monoisotopic (exact) mass is 449 g/mol. The average molecular weight is 450 g/mol. The van der Waals surface area contributed by atoms with Crippen molar-refractivity contribution in [3.8, 4) is 16.8 Å². The number of aromatic nitrogens is 3. The molecule has 0 radical (unpaired) electrons. The molecule has 32 heavy (non-hydrogen) atoms. The number of aliphatic imine (C=N–C) groups is 1. The van der Waals surface area contributed by atoms with Gasteiger partial charge in [-0.3, -0.25) is 14.4 Å². The maximum absolute atomic E-state index is 11.6. The quantitative estimate of drug-likeness (QED) is 0.313. The Morgan fingerprint density at radius 1 is 1.22 bits per heavy atom. The Morgan fingerprint density at radius 3 is 2.66 bits per heavy atom. The summed E-state index contributed by atoms with van der Waals surface area (Å²) in [4.78, 5) is 17.7. The van der Waals surface area contributed by atoms with Crippen LogP contribution in [0.1, 0.15) is 57.7 Å². The summed E-state index contributed by atoms with van der Waals surface area (Å²) in [6.45, 7) is 6.41. The highest BCUT2D eigenvalue weighted by Crippen LogP contribution is 2.39. The van der Waals surface area contributed by atoms with Crippen molar-refractivity contribution in [1.29, 1.82) is 0 Å². The van der Waals surface area contributed by atoms with E-state index < -0.39 is 12.0 Å². The average Bonchev–Trinajstić information content (AvgIpc) is 3.24. The second-order valence-corrected chi connectivity index (χ2v) is 8.74. The molecule has 0 unspecified atom stereocenters. The molecule has 3 N–H and O–H groups in total. The lowest BCUT2D eigenvalue weighted by Gasteiger charge is -2.10. The SMILES string of the molecule is Cc1sc2c(c1C)C(c1ccc(C#CCCNO)cc1)=N[C@@H](CC(=O)O)c1nnc(C)n1-2. The van der Waals surface area contributed by atoms with E-state index in [9.17, 15) is 9.90 Å². The normalized spacial score (nSPS) is 14.6. The number of thiophene rings is 1. The van der Waals surface area contributed by atoms with Gasteiger partial charge in [-0.1, -0.05) is 24.0 Å². The van der Waals surface area contributed by atoms with Gasteiger partial charge >= 0.3 is 5.97 Å². The summed E-state index contributed by atoms with van der Waals surface area (Å²) in [5.41, 5.74) is 6.68. The Kier molecular flexibility index (Phi) is 6.19. The Morgan fingerprint density at radius 2 is 1.97 bits per heavy atom. The highest BCUT2D eigenvalue weighted by molar-refractivity contribution is 7.15. The molecule has 9 heteroatoms. The Balaban J connectivity index is 1.84. The predicted molar refractivity (Wildman–Crippen MR) is 122 cm³/mol. The lowest BCUT2D eigenvalue weighted by molar-refractivity contribution is -0.137. The molecule has 0 bridgehead atoms. The number of aliphatic carboxylic acids is 1. The molecule has 0 amide bonds. The van der Waals surface area contributed by atoms with Gasteiger partial charge in [0.15, 0.2) is 5.82 Å². The second-order valence-electron chi connectivity index (χ2n) is 7.53. The number of hydrogen-bond acceptors (Lipinski definition) is 7. The summed E-state index contributed by atoms with van der Waals surface area (Å²) in [6, 6.07) is 7.12. The minimum atomic E-state index is -0.938. The number of carboxylic acid groups (broad SMARTS) is 1. The fraction of sp³-hybridized carbons (Fsp3) is 0.304. The van der Waals surface area contributed by atoms with Crippen molar-refractivity contribution in [2.24, 2.45) is 4.99 Å². The van der Waals surface area contributed by atoms with Crippen LogP contribution in [0.5, 0.6) is 0 Å². The lowest BCUT2D eigenvalue weighted by Crippen LogP contribution is -2.10. The number of nitrogens with one attached hydrogen (secondary N) is 1.